The average molecular weight is 242 g/mol. The number of esters is 1. The van der Waals surface area contributed by atoms with Crippen LogP contribution in [0.25, 0.3) is 0 Å². The van der Waals surface area contributed by atoms with Gasteiger partial charge in [-0.3, -0.25) is 4.79 Å². The first kappa shape index (κ1) is 14.5. The molecule has 0 aliphatic carbocycles. The van der Waals surface area contributed by atoms with Crippen molar-refractivity contribution in [1.29, 1.82) is 0 Å². The van der Waals surface area contributed by atoms with Crippen LogP contribution in [-0.4, -0.2) is 25.3 Å². The molecule has 1 fully saturated rings. The molecule has 1 aliphatic rings. The molecule has 0 saturated carbocycles. The first-order valence-electron chi connectivity index (χ1n) is 6.61. The quantitative estimate of drug-likeness (QED) is 0.531. The minimum Gasteiger partial charge on any atom is -0.463 e. The molecular formula is C14H26O3. The summed E-state index contributed by atoms with van der Waals surface area (Å²) in [6.45, 7) is 11.9. The highest BCUT2D eigenvalue weighted by molar-refractivity contribution is 5.72. The highest BCUT2D eigenvalue weighted by Gasteiger charge is 2.32. The molecule has 0 amide bonds. The minimum absolute atomic E-state index is 0.0127. The summed E-state index contributed by atoms with van der Waals surface area (Å²) < 4.78 is 10.4. The Kier molecular flexibility index (Phi) is 4.99. The Hall–Kier alpha value is -0.570. The van der Waals surface area contributed by atoms with Gasteiger partial charge in [-0.2, -0.15) is 0 Å². The second-order valence-electron chi connectivity index (χ2n) is 6.34. The maximum Gasteiger partial charge on any atom is 0.309 e. The minimum atomic E-state index is -0.0511. The van der Waals surface area contributed by atoms with E-state index in [0.29, 0.717) is 12.5 Å². The largest absolute Gasteiger partial charge is 0.463 e. The van der Waals surface area contributed by atoms with Crippen LogP contribution in [0.2, 0.25) is 0 Å². The van der Waals surface area contributed by atoms with Crippen molar-refractivity contribution < 1.29 is 14.3 Å². The van der Waals surface area contributed by atoms with E-state index in [4.69, 9.17) is 9.47 Å². The molecule has 3 nitrogen and oxygen atoms in total. The van der Waals surface area contributed by atoms with E-state index >= 15 is 0 Å². The number of carbonyl (C=O) groups is 1. The zero-order chi connectivity index (χ0) is 13.1. The van der Waals surface area contributed by atoms with Crippen molar-refractivity contribution in [3.8, 4) is 0 Å². The third-order valence-corrected chi connectivity index (χ3v) is 3.28. The number of hydrogen-bond donors (Lipinski definition) is 0. The highest BCUT2D eigenvalue weighted by atomic mass is 16.6. The van der Waals surface area contributed by atoms with Gasteiger partial charge in [0.05, 0.1) is 12.5 Å². The number of ether oxygens (including phenoxy) is 2. The topological polar surface area (TPSA) is 38.8 Å². The van der Waals surface area contributed by atoms with Crippen molar-refractivity contribution in [2.45, 2.75) is 53.6 Å². The van der Waals surface area contributed by atoms with Crippen LogP contribution in [0.4, 0.5) is 0 Å². The van der Waals surface area contributed by atoms with Gasteiger partial charge in [-0.25, -0.2) is 0 Å². The van der Waals surface area contributed by atoms with Crippen molar-refractivity contribution in [3.05, 3.63) is 0 Å². The first-order chi connectivity index (χ1) is 7.83. The van der Waals surface area contributed by atoms with Crippen LogP contribution in [0, 0.1) is 17.3 Å². The summed E-state index contributed by atoms with van der Waals surface area (Å²) in [5.41, 5.74) is 0.156. The van der Waals surface area contributed by atoms with Crippen molar-refractivity contribution >= 4 is 5.97 Å². The van der Waals surface area contributed by atoms with E-state index in [1.165, 1.54) is 0 Å². The van der Waals surface area contributed by atoms with Gasteiger partial charge in [-0.1, -0.05) is 41.0 Å². The number of epoxide rings is 1. The van der Waals surface area contributed by atoms with Gasteiger partial charge in [0.1, 0.15) is 12.7 Å². The molecule has 0 aromatic heterocycles. The van der Waals surface area contributed by atoms with Gasteiger partial charge in [0.25, 0.3) is 0 Å². The normalized spacial score (nSPS) is 23.0. The highest BCUT2D eigenvalue weighted by Crippen LogP contribution is 2.31. The summed E-state index contributed by atoms with van der Waals surface area (Å²) in [4.78, 5) is 12.1. The number of carbonyl (C=O) groups excluding carboxylic acids is 1. The summed E-state index contributed by atoms with van der Waals surface area (Å²) in [6, 6.07) is 0. The molecule has 0 aromatic rings. The van der Waals surface area contributed by atoms with Crippen molar-refractivity contribution in [2.24, 2.45) is 17.3 Å². The first-order valence-corrected chi connectivity index (χ1v) is 6.61. The molecule has 100 valence electrons. The fourth-order valence-corrected chi connectivity index (χ4v) is 1.91. The summed E-state index contributed by atoms with van der Waals surface area (Å²) in [7, 11) is 0. The maximum absolute atomic E-state index is 12.1. The molecule has 1 aliphatic heterocycles. The molecular weight excluding hydrogens is 216 g/mol. The zero-order valence-corrected chi connectivity index (χ0v) is 11.8. The van der Waals surface area contributed by atoms with Crippen molar-refractivity contribution in [3.63, 3.8) is 0 Å². The van der Waals surface area contributed by atoms with Crippen molar-refractivity contribution in [1.82, 2.24) is 0 Å². The fraction of sp³-hybridized carbons (Fsp3) is 0.929. The zero-order valence-electron chi connectivity index (χ0n) is 11.8. The Balaban J connectivity index is 2.50. The summed E-state index contributed by atoms with van der Waals surface area (Å²) in [5, 5.41) is 0. The molecule has 3 unspecified atom stereocenters. The SMILES string of the molecule is CCC(C)C(CC(C)(C)C)C(=O)OCC1CO1. The van der Waals surface area contributed by atoms with E-state index in [2.05, 4.69) is 34.6 Å². The molecule has 0 spiro atoms. The number of hydrogen-bond acceptors (Lipinski definition) is 3. The van der Waals surface area contributed by atoms with Crippen LogP contribution in [0.15, 0.2) is 0 Å². The Morgan fingerprint density at radius 1 is 1.47 bits per heavy atom. The van der Waals surface area contributed by atoms with E-state index in [1.54, 1.807) is 0 Å². The number of rotatable bonds is 6. The molecule has 1 saturated heterocycles. The van der Waals surface area contributed by atoms with Crippen LogP contribution in [0.3, 0.4) is 0 Å². The summed E-state index contributed by atoms with van der Waals surface area (Å²) >= 11 is 0. The molecule has 0 N–H and O–H groups in total. The van der Waals surface area contributed by atoms with Crippen LogP contribution in [0.1, 0.15) is 47.5 Å². The van der Waals surface area contributed by atoms with E-state index in [1.807, 2.05) is 0 Å². The van der Waals surface area contributed by atoms with E-state index in [-0.39, 0.29) is 23.4 Å². The van der Waals surface area contributed by atoms with Gasteiger partial charge >= 0.3 is 5.97 Å². The van der Waals surface area contributed by atoms with Gasteiger partial charge in [-0.15, -0.1) is 0 Å². The van der Waals surface area contributed by atoms with Gasteiger partial charge < -0.3 is 9.47 Å². The Morgan fingerprint density at radius 3 is 2.47 bits per heavy atom. The molecule has 0 bridgehead atoms. The second kappa shape index (κ2) is 5.85. The smallest absolute Gasteiger partial charge is 0.309 e. The molecule has 17 heavy (non-hydrogen) atoms. The van der Waals surface area contributed by atoms with Gasteiger partial charge in [0.2, 0.25) is 0 Å². The predicted octanol–water partition coefficient (Wildman–Crippen LogP) is 3.03. The fourth-order valence-electron chi connectivity index (χ4n) is 1.91. The van der Waals surface area contributed by atoms with E-state index < -0.39 is 0 Å². The molecule has 0 aromatic carbocycles. The molecule has 0 radical (unpaired) electrons. The molecule has 1 heterocycles. The monoisotopic (exact) mass is 242 g/mol. The van der Waals surface area contributed by atoms with Crippen LogP contribution >= 0.6 is 0 Å². The van der Waals surface area contributed by atoms with E-state index in [9.17, 15) is 4.79 Å². The predicted molar refractivity (Wildman–Crippen MR) is 67.7 cm³/mol. The van der Waals surface area contributed by atoms with Crippen LogP contribution in [0.5, 0.6) is 0 Å². The maximum atomic E-state index is 12.1. The average Bonchev–Trinajstić information content (AvgIpc) is 3.04. The molecule has 1 rings (SSSR count). The van der Waals surface area contributed by atoms with E-state index in [0.717, 1.165) is 19.4 Å². The Bertz CT molecular complexity index is 251. The lowest BCUT2D eigenvalue weighted by Gasteiger charge is -2.28. The third-order valence-electron chi connectivity index (χ3n) is 3.28. The van der Waals surface area contributed by atoms with Crippen LogP contribution < -0.4 is 0 Å². The van der Waals surface area contributed by atoms with Crippen molar-refractivity contribution in [2.75, 3.05) is 13.2 Å². The lowest BCUT2D eigenvalue weighted by molar-refractivity contribution is -0.152. The van der Waals surface area contributed by atoms with Gasteiger partial charge in [0, 0.05) is 0 Å². The summed E-state index contributed by atoms with van der Waals surface area (Å²) in [5.74, 6) is 0.338. The summed E-state index contributed by atoms with van der Waals surface area (Å²) in [6.07, 6.45) is 2.05. The lowest BCUT2D eigenvalue weighted by Crippen LogP contribution is -2.29. The Labute approximate surface area is 105 Å². The molecule has 3 atom stereocenters. The third kappa shape index (κ3) is 5.53. The second-order valence-corrected chi connectivity index (χ2v) is 6.34. The lowest BCUT2D eigenvalue weighted by atomic mass is 9.78. The van der Waals surface area contributed by atoms with Gasteiger partial charge in [-0.05, 0) is 17.8 Å². The standard InChI is InChI=1S/C14H26O3/c1-6-10(2)12(7-14(3,4)5)13(15)17-9-11-8-16-11/h10-12H,6-9H2,1-5H3. The van der Waals surface area contributed by atoms with Crippen LogP contribution in [-0.2, 0) is 14.3 Å². The Morgan fingerprint density at radius 2 is 2.06 bits per heavy atom. The van der Waals surface area contributed by atoms with Gasteiger partial charge in [0.15, 0.2) is 0 Å². The molecule has 3 heteroatoms.